The van der Waals surface area contributed by atoms with Gasteiger partial charge in [0.15, 0.2) is 0 Å². The van der Waals surface area contributed by atoms with E-state index < -0.39 is 11.3 Å². The number of nitro groups is 1. The molecule has 1 atom stereocenters. The molecular weight excluding hydrogens is 495 g/mol. The van der Waals surface area contributed by atoms with Crippen LogP contribution in [-0.4, -0.2) is 64.6 Å². The Labute approximate surface area is 209 Å². The normalized spacial score (nSPS) is 17.8. The second-order valence-electron chi connectivity index (χ2n) is 8.72. The average Bonchev–Trinajstić information content (AvgIpc) is 3.32. The lowest BCUT2D eigenvalue weighted by atomic mass is 10.2. The molecule has 2 aliphatic rings. The topological polar surface area (TPSA) is 111 Å². The third-order valence-corrected chi connectivity index (χ3v) is 6.19. The minimum absolute atomic E-state index is 0.0249. The number of benzene rings is 1. The zero-order valence-corrected chi connectivity index (χ0v) is 19.6. The van der Waals surface area contributed by atoms with E-state index in [1.165, 1.54) is 18.3 Å². The van der Waals surface area contributed by atoms with Crippen LogP contribution in [0.15, 0.2) is 48.8 Å². The van der Waals surface area contributed by atoms with Gasteiger partial charge in [-0.3, -0.25) is 4.57 Å². The summed E-state index contributed by atoms with van der Waals surface area (Å²) in [5, 5.41) is 14.3. The number of alkyl halides is 3. The second kappa shape index (κ2) is 10.1. The molecule has 1 saturated heterocycles. The van der Waals surface area contributed by atoms with E-state index in [1.54, 1.807) is 16.7 Å². The molecule has 5 rings (SSSR count). The molecule has 37 heavy (non-hydrogen) atoms. The van der Waals surface area contributed by atoms with Gasteiger partial charge in [0.25, 0.3) is 0 Å². The molecular formula is C23H24F3N7O4. The number of nitrogens with one attached hydrogen (secondary N) is 1. The van der Waals surface area contributed by atoms with Gasteiger partial charge >= 0.3 is 18.2 Å². The predicted molar refractivity (Wildman–Crippen MR) is 127 cm³/mol. The number of aromatic nitrogens is 3. The van der Waals surface area contributed by atoms with Gasteiger partial charge in [0, 0.05) is 56.1 Å². The molecule has 0 amide bonds. The molecule has 4 heterocycles. The first kappa shape index (κ1) is 24.6. The molecule has 2 aromatic heterocycles. The molecule has 1 aromatic carbocycles. The lowest BCUT2D eigenvalue weighted by Gasteiger charge is -2.36. The molecule has 0 saturated carbocycles. The Hall–Kier alpha value is -4.07. The van der Waals surface area contributed by atoms with Gasteiger partial charge in [-0.2, -0.15) is 0 Å². The first-order valence-electron chi connectivity index (χ1n) is 11.6. The van der Waals surface area contributed by atoms with Gasteiger partial charge < -0.3 is 34.7 Å². The molecule has 0 radical (unpaired) electrons. The molecule has 0 aliphatic carbocycles. The van der Waals surface area contributed by atoms with E-state index in [2.05, 4.69) is 29.8 Å². The third kappa shape index (κ3) is 6.02. The molecule has 196 valence electrons. The summed E-state index contributed by atoms with van der Waals surface area (Å²) in [6.45, 7) is 4.32. The molecule has 11 nitrogen and oxygen atoms in total. The number of hydrogen-bond donors (Lipinski definition) is 1. The number of fused-ring (bicyclic) bond motifs is 1. The minimum atomic E-state index is -4.70. The summed E-state index contributed by atoms with van der Waals surface area (Å²) in [6, 6.07) is 10.1. The van der Waals surface area contributed by atoms with Gasteiger partial charge in [-0.05, 0) is 40.8 Å². The highest BCUT2D eigenvalue weighted by Crippen LogP contribution is 2.26. The second-order valence-corrected chi connectivity index (χ2v) is 8.72. The maximum atomic E-state index is 12.4. The van der Waals surface area contributed by atoms with Crippen LogP contribution in [0.5, 0.6) is 11.8 Å². The van der Waals surface area contributed by atoms with Crippen LogP contribution in [0.4, 0.5) is 30.5 Å². The van der Waals surface area contributed by atoms with Crippen LogP contribution in [-0.2, 0) is 13.1 Å². The predicted octanol–water partition coefficient (Wildman–Crippen LogP) is 2.96. The number of rotatable bonds is 7. The van der Waals surface area contributed by atoms with E-state index in [1.807, 2.05) is 18.3 Å². The number of pyridine rings is 1. The van der Waals surface area contributed by atoms with Crippen molar-refractivity contribution < 1.29 is 27.6 Å². The van der Waals surface area contributed by atoms with Gasteiger partial charge in [0.2, 0.25) is 0 Å². The molecule has 2 aliphatic heterocycles. The maximum absolute atomic E-state index is 12.4. The summed E-state index contributed by atoms with van der Waals surface area (Å²) in [7, 11) is 0. The fourth-order valence-corrected chi connectivity index (χ4v) is 4.33. The lowest BCUT2D eigenvalue weighted by Crippen LogP contribution is -2.46. The van der Waals surface area contributed by atoms with Crippen LogP contribution in [0, 0.1) is 10.1 Å². The number of imidazole rings is 1. The van der Waals surface area contributed by atoms with Crippen LogP contribution in [0.1, 0.15) is 5.56 Å². The van der Waals surface area contributed by atoms with Crippen LogP contribution >= 0.6 is 0 Å². The molecule has 0 unspecified atom stereocenters. The lowest BCUT2D eigenvalue weighted by molar-refractivity contribution is -0.389. The Morgan fingerprint density at radius 1 is 1.11 bits per heavy atom. The van der Waals surface area contributed by atoms with Crippen LogP contribution in [0.3, 0.4) is 0 Å². The molecule has 14 heteroatoms. The van der Waals surface area contributed by atoms with E-state index in [4.69, 9.17) is 4.74 Å². The van der Waals surface area contributed by atoms with Crippen molar-refractivity contribution in [2.45, 2.75) is 25.5 Å². The summed E-state index contributed by atoms with van der Waals surface area (Å²) in [6.07, 6.45) is -1.52. The highest BCUT2D eigenvalue weighted by atomic mass is 19.4. The van der Waals surface area contributed by atoms with E-state index in [9.17, 15) is 23.3 Å². The van der Waals surface area contributed by atoms with E-state index >= 15 is 0 Å². The van der Waals surface area contributed by atoms with Crippen molar-refractivity contribution in [1.29, 1.82) is 0 Å². The van der Waals surface area contributed by atoms with Crippen molar-refractivity contribution in [3.63, 3.8) is 0 Å². The number of ether oxygens (including phenoxy) is 2. The molecule has 0 bridgehead atoms. The third-order valence-electron chi connectivity index (χ3n) is 6.19. The smallest absolute Gasteiger partial charge is 0.444 e. The Morgan fingerprint density at radius 3 is 2.49 bits per heavy atom. The van der Waals surface area contributed by atoms with Crippen molar-refractivity contribution >= 4 is 17.3 Å². The highest BCUT2D eigenvalue weighted by Gasteiger charge is 2.31. The fraction of sp³-hybridized carbons (Fsp3) is 0.391. The van der Waals surface area contributed by atoms with Crippen LogP contribution < -0.4 is 24.6 Å². The summed E-state index contributed by atoms with van der Waals surface area (Å²) in [4.78, 5) is 23.1. The van der Waals surface area contributed by atoms with E-state index in [0.717, 1.165) is 30.2 Å². The number of nitrogens with zero attached hydrogens (tertiary/aromatic N) is 6. The van der Waals surface area contributed by atoms with Gasteiger partial charge in [-0.15, -0.1) is 13.2 Å². The van der Waals surface area contributed by atoms with E-state index in [-0.39, 0.29) is 23.6 Å². The summed E-state index contributed by atoms with van der Waals surface area (Å²) in [5.74, 6) is 0.388. The summed E-state index contributed by atoms with van der Waals surface area (Å²) in [5.41, 5.74) is 1.83. The van der Waals surface area contributed by atoms with E-state index in [0.29, 0.717) is 32.8 Å². The van der Waals surface area contributed by atoms with Crippen molar-refractivity contribution in [3.05, 3.63) is 64.5 Å². The molecule has 3 aromatic rings. The highest BCUT2D eigenvalue weighted by molar-refractivity contribution is 5.51. The number of piperazine rings is 1. The van der Waals surface area contributed by atoms with Crippen LogP contribution in [0.25, 0.3) is 0 Å². The Balaban J connectivity index is 1.09. The molecule has 0 spiro atoms. The van der Waals surface area contributed by atoms with Crippen molar-refractivity contribution in [1.82, 2.24) is 19.9 Å². The standard InChI is InChI=1S/C23H24F3N7O4/c24-23(25,26)37-19-4-2-18(3-5-19)30-7-9-31(10-8-30)20-6-1-16(12-28-20)11-27-17-13-32-14-21(33(34)35)29-22(32)36-15-17/h1-6,12,14,17,27H,7-11,13,15H2/t17-/m0/s1. The Kier molecular flexibility index (Phi) is 6.74. The minimum Gasteiger partial charge on any atom is -0.444 e. The Morgan fingerprint density at radius 2 is 1.84 bits per heavy atom. The Bertz CT molecular complexity index is 1230. The van der Waals surface area contributed by atoms with Gasteiger partial charge in [-0.1, -0.05) is 6.07 Å². The summed E-state index contributed by atoms with van der Waals surface area (Å²) >= 11 is 0. The van der Waals surface area contributed by atoms with Gasteiger partial charge in [-0.25, -0.2) is 4.98 Å². The number of halogens is 3. The first-order valence-corrected chi connectivity index (χ1v) is 11.6. The number of anilines is 2. The molecule has 1 N–H and O–H groups in total. The summed E-state index contributed by atoms with van der Waals surface area (Å²) < 4.78 is 48.1. The van der Waals surface area contributed by atoms with Crippen molar-refractivity contribution in [2.75, 3.05) is 42.6 Å². The SMILES string of the molecule is O=[N+]([O-])c1cn2c(n1)OC[C@@H](NCc1ccc(N3CCN(c4ccc(OC(F)(F)F)cc4)CC3)nc1)C2. The van der Waals surface area contributed by atoms with Gasteiger partial charge in [0.05, 0.1) is 6.04 Å². The molecule has 1 fully saturated rings. The maximum Gasteiger partial charge on any atom is 0.573 e. The zero-order chi connectivity index (χ0) is 26.0. The van der Waals surface area contributed by atoms with Gasteiger partial charge in [0.1, 0.15) is 24.4 Å². The quantitative estimate of drug-likeness (QED) is 0.372. The average molecular weight is 519 g/mol. The largest absolute Gasteiger partial charge is 0.573 e. The van der Waals surface area contributed by atoms with Crippen molar-refractivity contribution in [2.24, 2.45) is 0 Å². The monoisotopic (exact) mass is 519 g/mol. The zero-order valence-electron chi connectivity index (χ0n) is 19.6. The van der Waals surface area contributed by atoms with Crippen LogP contribution in [0.2, 0.25) is 0 Å². The van der Waals surface area contributed by atoms with Crippen molar-refractivity contribution in [3.8, 4) is 11.8 Å². The first-order chi connectivity index (χ1) is 17.7. The fourth-order valence-electron chi connectivity index (χ4n) is 4.33. The number of hydrogen-bond acceptors (Lipinski definition) is 9.